The van der Waals surface area contributed by atoms with Gasteiger partial charge >= 0.3 is 12.0 Å². The Bertz CT molecular complexity index is 573. The van der Waals surface area contributed by atoms with Gasteiger partial charge in [0.15, 0.2) is 6.61 Å². The van der Waals surface area contributed by atoms with Crippen molar-refractivity contribution in [2.45, 2.75) is 77.4 Å². The van der Waals surface area contributed by atoms with Crippen molar-refractivity contribution in [2.75, 3.05) is 13.2 Å². The van der Waals surface area contributed by atoms with Crippen LogP contribution in [-0.2, 0) is 19.1 Å². The van der Waals surface area contributed by atoms with E-state index in [1.165, 1.54) is 0 Å². The second-order valence-electron chi connectivity index (χ2n) is 7.58. The molecule has 1 saturated carbocycles. The first-order valence-corrected chi connectivity index (χ1v) is 9.29. The average molecular weight is 367 g/mol. The molecule has 4 amide bonds. The Morgan fingerprint density at radius 3 is 2.27 bits per heavy atom. The molecule has 1 heterocycles. The first kappa shape index (κ1) is 20.2. The van der Waals surface area contributed by atoms with Gasteiger partial charge in [-0.05, 0) is 40.5 Å². The van der Waals surface area contributed by atoms with Crippen LogP contribution in [0.1, 0.15) is 59.8 Å². The van der Waals surface area contributed by atoms with Crippen molar-refractivity contribution in [2.24, 2.45) is 0 Å². The number of imide groups is 1. The molecular weight excluding hydrogens is 338 g/mol. The number of nitrogens with one attached hydrogen (secondary N) is 1. The predicted octanol–water partition coefficient (Wildman–Crippen LogP) is 1.43. The second kappa shape index (κ2) is 8.05. The summed E-state index contributed by atoms with van der Waals surface area (Å²) in [5, 5.41) is 2.77. The van der Waals surface area contributed by atoms with E-state index in [2.05, 4.69) is 5.32 Å². The van der Waals surface area contributed by atoms with Gasteiger partial charge in [-0.15, -0.1) is 0 Å². The maximum Gasteiger partial charge on any atom is 0.325 e. The highest BCUT2D eigenvalue weighted by Gasteiger charge is 2.52. The highest BCUT2D eigenvalue weighted by Crippen LogP contribution is 2.35. The molecular formula is C18H29N3O5. The summed E-state index contributed by atoms with van der Waals surface area (Å²) in [6, 6.07) is -0.434. The van der Waals surface area contributed by atoms with E-state index in [1.807, 2.05) is 27.7 Å². The molecule has 1 saturated heterocycles. The first-order valence-electron chi connectivity index (χ1n) is 9.29. The van der Waals surface area contributed by atoms with E-state index in [0.717, 1.165) is 17.7 Å². The van der Waals surface area contributed by atoms with E-state index in [1.54, 1.807) is 4.90 Å². The third-order valence-corrected chi connectivity index (χ3v) is 5.00. The lowest BCUT2D eigenvalue weighted by molar-refractivity contribution is -0.154. The molecule has 2 aliphatic rings. The summed E-state index contributed by atoms with van der Waals surface area (Å²) in [7, 11) is 0. The molecule has 0 radical (unpaired) electrons. The van der Waals surface area contributed by atoms with Crippen molar-refractivity contribution in [3.63, 3.8) is 0 Å². The van der Waals surface area contributed by atoms with Gasteiger partial charge in [0.05, 0.1) is 6.42 Å². The fraction of sp³-hybridized carbons (Fsp3) is 0.778. The largest absolute Gasteiger partial charge is 0.456 e. The number of hydrogen-bond donors (Lipinski definition) is 1. The maximum atomic E-state index is 12.5. The van der Waals surface area contributed by atoms with Gasteiger partial charge < -0.3 is 15.0 Å². The van der Waals surface area contributed by atoms with Crippen LogP contribution in [0.2, 0.25) is 0 Å². The predicted molar refractivity (Wildman–Crippen MR) is 94.1 cm³/mol. The van der Waals surface area contributed by atoms with Crippen LogP contribution < -0.4 is 5.32 Å². The zero-order valence-corrected chi connectivity index (χ0v) is 16.0. The molecule has 0 bridgehead atoms. The normalized spacial score (nSPS) is 18.8. The summed E-state index contributed by atoms with van der Waals surface area (Å²) in [6.07, 6.45) is 2.99. The van der Waals surface area contributed by atoms with E-state index < -0.39 is 17.5 Å². The first-order chi connectivity index (χ1) is 12.2. The lowest BCUT2D eigenvalue weighted by Crippen LogP contribution is -2.44. The summed E-state index contributed by atoms with van der Waals surface area (Å²) in [5.41, 5.74) is -0.772. The Morgan fingerprint density at radius 1 is 1.15 bits per heavy atom. The van der Waals surface area contributed by atoms with E-state index in [-0.39, 0.29) is 43.5 Å². The molecule has 0 aromatic carbocycles. The van der Waals surface area contributed by atoms with Gasteiger partial charge in [-0.25, -0.2) is 4.79 Å². The topological polar surface area (TPSA) is 96.0 Å². The van der Waals surface area contributed by atoms with Crippen LogP contribution >= 0.6 is 0 Å². The SMILES string of the molecule is CC(C)N(C(=O)COC(=O)CCN1C(=O)NC2(CCCC2)C1=O)C(C)C. The van der Waals surface area contributed by atoms with Gasteiger partial charge in [-0.2, -0.15) is 0 Å². The number of hydrogen-bond acceptors (Lipinski definition) is 5. The number of esters is 1. The summed E-state index contributed by atoms with van der Waals surface area (Å²) in [4.78, 5) is 51.4. The van der Waals surface area contributed by atoms with Crippen molar-refractivity contribution in [3.05, 3.63) is 0 Å². The molecule has 1 spiro atoms. The maximum absolute atomic E-state index is 12.5. The number of urea groups is 1. The van der Waals surface area contributed by atoms with Crippen molar-refractivity contribution in [1.29, 1.82) is 0 Å². The Hall–Kier alpha value is -2.12. The third-order valence-electron chi connectivity index (χ3n) is 5.00. The lowest BCUT2D eigenvalue weighted by atomic mass is 9.98. The number of carbonyl (C=O) groups excluding carboxylic acids is 4. The quantitative estimate of drug-likeness (QED) is 0.542. The van der Waals surface area contributed by atoms with E-state index in [0.29, 0.717) is 12.8 Å². The van der Waals surface area contributed by atoms with Gasteiger partial charge in [0.25, 0.3) is 11.8 Å². The number of ether oxygens (including phenoxy) is 1. The van der Waals surface area contributed by atoms with Crippen LogP contribution in [0.5, 0.6) is 0 Å². The Kier molecular flexibility index (Phi) is 6.26. The van der Waals surface area contributed by atoms with Crippen LogP contribution in [0, 0.1) is 0 Å². The number of amides is 4. The molecule has 0 aromatic heterocycles. The highest BCUT2D eigenvalue weighted by atomic mass is 16.5. The minimum absolute atomic E-state index is 0.00900. The van der Waals surface area contributed by atoms with Gasteiger partial charge in [0, 0.05) is 18.6 Å². The van der Waals surface area contributed by atoms with Crippen molar-refractivity contribution < 1.29 is 23.9 Å². The Balaban J connectivity index is 1.81. The number of carbonyl (C=O) groups is 4. The monoisotopic (exact) mass is 367 g/mol. The average Bonchev–Trinajstić information content (AvgIpc) is 3.09. The van der Waals surface area contributed by atoms with E-state index in [4.69, 9.17) is 4.74 Å². The van der Waals surface area contributed by atoms with Crippen molar-refractivity contribution >= 4 is 23.8 Å². The Morgan fingerprint density at radius 2 is 1.73 bits per heavy atom. The molecule has 0 unspecified atom stereocenters. The highest BCUT2D eigenvalue weighted by molar-refractivity contribution is 6.07. The van der Waals surface area contributed by atoms with Crippen LogP contribution in [0.25, 0.3) is 0 Å². The zero-order valence-electron chi connectivity index (χ0n) is 16.0. The van der Waals surface area contributed by atoms with Crippen LogP contribution in [0.3, 0.4) is 0 Å². The third kappa shape index (κ3) is 4.16. The van der Waals surface area contributed by atoms with Crippen LogP contribution in [0.15, 0.2) is 0 Å². The zero-order chi connectivity index (χ0) is 19.5. The van der Waals surface area contributed by atoms with Crippen LogP contribution in [0.4, 0.5) is 4.79 Å². The summed E-state index contributed by atoms with van der Waals surface area (Å²) < 4.78 is 5.03. The minimum atomic E-state index is -0.772. The molecule has 26 heavy (non-hydrogen) atoms. The lowest BCUT2D eigenvalue weighted by Gasteiger charge is -2.30. The summed E-state index contributed by atoms with van der Waals surface area (Å²) >= 11 is 0. The molecule has 2 rings (SSSR count). The van der Waals surface area contributed by atoms with E-state index in [9.17, 15) is 19.2 Å². The molecule has 2 fully saturated rings. The van der Waals surface area contributed by atoms with Gasteiger partial charge in [0.2, 0.25) is 0 Å². The molecule has 8 heteroatoms. The second-order valence-corrected chi connectivity index (χ2v) is 7.58. The molecule has 1 N–H and O–H groups in total. The number of nitrogens with zero attached hydrogens (tertiary/aromatic N) is 2. The molecule has 0 aromatic rings. The van der Waals surface area contributed by atoms with Crippen molar-refractivity contribution in [3.8, 4) is 0 Å². The van der Waals surface area contributed by atoms with Gasteiger partial charge in [0.1, 0.15) is 5.54 Å². The summed E-state index contributed by atoms with van der Waals surface area (Å²) in [5.74, 6) is -1.11. The van der Waals surface area contributed by atoms with E-state index >= 15 is 0 Å². The molecule has 1 aliphatic carbocycles. The van der Waals surface area contributed by atoms with Crippen LogP contribution in [-0.4, -0.2) is 64.4 Å². The molecule has 8 nitrogen and oxygen atoms in total. The smallest absolute Gasteiger partial charge is 0.325 e. The van der Waals surface area contributed by atoms with Gasteiger partial charge in [-0.3, -0.25) is 19.3 Å². The molecule has 1 aliphatic heterocycles. The number of rotatable bonds is 7. The standard InChI is InChI=1S/C18H29N3O5/c1-12(2)21(13(3)4)14(22)11-26-15(23)7-10-20-16(24)18(19-17(20)25)8-5-6-9-18/h12-13H,5-11H2,1-4H3,(H,19,25). The fourth-order valence-electron chi connectivity index (χ4n) is 3.86. The summed E-state index contributed by atoms with van der Waals surface area (Å²) in [6.45, 7) is 7.23. The Labute approximate surface area is 154 Å². The fourth-order valence-corrected chi connectivity index (χ4v) is 3.86. The minimum Gasteiger partial charge on any atom is -0.456 e. The van der Waals surface area contributed by atoms with Gasteiger partial charge in [-0.1, -0.05) is 12.8 Å². The van der Waals surface area contributed by atoms with Crippen molar-refractivity contribution in [1.82, 2.24) is 15.1 Å². The molecule has 0 atom stereocenters. The molecule has 146 valence electrons.